The molecule has 2 aromatic rings. The smallest absolute Gasteiger partial charge is 0.226 e. The summed E-state index contributed by atoms with van der Waals surface area (Å²) < 4.78 is 5.56. The number of aromatic nitrogens is 1. The zero-order chi connectivity index (χ0) is 23.1. The van der Waals surface area contributed by atoms with Gasteiger partial charge in [0.2, 0.25) is 5.91 Å². The molecule has 0 radical (unpaired) electrons. The molecular weight excluding hydrogens is 412 g/mol. The van der Waals surface area contributed by atoms with Gasteiger partial charge >= 0.3 is 0 Å². The molecule has 0 spiro atoms. The van der Waals surface area contributed by atoms with Crippen molar-refractivity contribution in [2.24, 2.45) is 5.41 Å². The normalized spacial score (nSPS) is 19.6. The number of rotatable bonds is 8. The Morgan fingerprint density at radius 3 is 2.45 bits per heavy atom. The molecule has 1 N–H and O–H groups in total. The average molecular weight is 451 g/mol. The van der Waals surface area contributed by atoms with Crippen LogP contribution in [0.5, 0.6) is 5.75 Å². The van der Waals surface area contributed by atoms with E-state index in [4.69, 9.17) is 4.74 Å². The van der Waals surface area contributed by atoms with Gasteiger partial charge in [-0.2, -0.15) is 0 Å². The Kier molecular flexibility index (Phi) is 7.86. The minimum Gasteiger partial charge on any atom is -0.495 e. The van der Waals surface area contributed by atoms with Crippen molar-refractivity contribution in [2.75, 3.05) is 44.7 Å². The van der Waals surface area contributed by atoms with E-state index in [1.54, 1.807) is 7.11 Å². The Balaban J connectivity index is 1.39. The quantitative estimate of drug-likeness (QED) is 0.661. The van der Waals surface area contributed by atoms with E-state index in [0.717, 1.165) is 76.3 Å². The van der Waals surface area contributed by atoms with Crippen molar-refractivity contribution >= 4 is 11.6 Å². The Morgan fingerprint density at radius 2 is 1.76 bits per heavy atom. The molecule has 1 aromatic carbocycles. The Bertz CT molecular complexity index is 890. The molecule has 6 nitrogen and oxygen atoms in total. The number of ether oxygens (including phenoxy) is 1. The first-order valence-corrected chi connectivity index (χ1v) is 12.4. The van der Waals surface area contributed by atoms with Crippen molar-refractivity contribution < 1.29 is 9.53 Å². The van der Waals surface area contributed by atoms with Crippen LogP contribution >= 0.6 is 0 Å². The highest BCUT2D eigenvalue weighted by Gasteiger charge is 2.36. The van der Waals surface area contributed by atoms with Crippen molar-refractivity contribution in [3.05, 3.63) is 54.4 Å². The number of anilines is 1. The van der Waals surface area contributed by atoms with Crippen LogP contribution in [0.1, 0.15) is 44.6 Å². The Labute approximate surface area is 198 Å². The fraction of sp³-hybridized carbons (Fsp3) is 0.556. The van der Waals surface area contributed by atoms with Crippen LogP contribution in [0.4, 0.5) is 5.69 Å². The number of piperazine rings is 1. The lowest BCUT2D eigenvalue weighted by Gasteiger charge is -2.39. The highest BCUT2D eigenvalue weighted by molar-refractivity contribution is 5.82. The van der Waals surface area contributed by atoms with Crippen LogP contribution in [0.2, 0.25) is 0 Å². The van der Waals surface area contributed by atoms with Crippen LogP contribution in [0.25, 0.3) is 0 Å². The molecule has 1 amide bonds. The van der Waals surface area contributed by atoms with Crippen molar-refractivity contribution in [1.82, 2.24) is 15.2 Å². The van der Waals surface area contributed by atoms with Gasteiger partial charge in [0.15, 0.2) is 0 Å². The molecule has 2 aliphatic rings. The summed E-state index contributed by atoms with van der Waals surface area (Å²) in [6.45, 7) is 6.86. The standard InChI is InChI=1S/C27H38N4O2/c1-27(12-6-3-7-13-27)26(32)29-23(20-22-10-14-28-15-11-22)21-30-16-18-31(19-17-30)24-8-4-5-9-25(24)33-2/h4-5,8-11,14-15,23H,3,6-7,12-13,16-21H2,1-2H3,(H,29,32). The number of para-hydroxylation sites is 2. The third-order valence-electron chi connectivity index (χ3n) is 7.35. The molecule has 1 unspecified atom stereocenters. The second-order valence-corrected chi connectivity index (χ2v) is 9.81. The number of nitrogens with zero attached hydrogens (tertiary/aromatic N) is 3. The van der Waals surface area contributed by atoms with Gasteiger partial charge in [0.05, 0.1) is 12.8 Å². The molecule has 1 atom stereocenters. The van der Waals surface area contributed by atoms with Gasteiger partial charge in [-0.3, -0.25) is 14.7 Å². The van der Waals surface area contributed by atoms with Crippen molar-refractivity contribution in [2.45, 2.75) is 51.5 Å². The Morgan fingerprint density at radius 1 is 1.06 bits per heavy atom. The van der Waals surface area contributed by atoms with E-state index in [1.807, 2.05) is 24.5 Å². The minimum absolute atomic E-state index is 0.0939. The maximum atomic E-state index is 13.3. The zero-order valence-corrected chi connectivity index (χ0v) is 20.1. The second-order valence-electron chi connectivity index (χ2n) is 9.81. The first-order chi connectivity index (χ1) is 16.1. The molecule has 6 heteroatoms. The summed E-state index contributed by atoms with van der Waals surface area (Å²) >= 11 is 0. The monoisotopic (exact) mass is 450 g/mol. The summed E-state index contributed by atoms with van der Waals surface area (Å²) in [6.07, 6.45) is 10.1. The lowest BCUT2D eigenvalue weighted by atomic mass is 9.75. The number of benzene rings is 1. The molecule has 178 valence electrons. The summed E-state index contributed by atoms with van der Waals surface area (Å²) in [4.78, 5) is 22.3. The highest BCUT2D eigenvalue weighted by atomic mass is 16.5. The fourth-order valence-corrected chi connectivity index (χ4v) is 5.26. The highest BCUT2D eigenvalue weighted by Crippen LogP contribution is 2.36. The van der Waals surface area contributed by atoms with Crippen LogP contribution in [0.3, 0.4) is 0 Å². The molecule has 1 saturated heterocycles. The predicted molar refractivity (Wildman–Crippen MR) is 133 cm³/mol. The van der Waals surface area contributed by atoms with E-state index >= 15 is 0 Å². The third-order valence-corrected chi connectivity index (χ3v) is 7.35. The molecule has 1 aliphatic carbocycles. The molecule has 1 saturated carbocycles. The fourth-order valence-electron chi connectivity index (χ4n) is 5.26. The van der Waals surface area contributed by atoms with E-state index in [1.165, 1.54) is 12.0 Å². The molecule has 1 aromatic heterocycles. The molecule has 4 rings (SSSR count). The number of hydrogen-bond acceptors (Lipinski definition) is 5. The van der Waals surface area contributed by atoms with Gasteiger partial charge in [0.25, 0.3) is 0 Å². The summed E-state index contributed by atoms with van der Waals surface area (Å²) in [7, 11) is 1.73. The molecule has 33 heavy (non-hydrogen) atoms. The number of carbonyl (C=O) groups excluding carboxylic acids is 1. The topological polar surface area (TPSA) is 57.7 Å². The first kappa shape index (κ1) is 23.6. The number of methoxy groups -OCH3 is 1. The number of amides is 1. The van der Waals surface area contributed by atoms with E-state index in [9.17, 15) is 4.79 Å². The molecule has 2 heterocycles. The first-order valence-electron chi connectivity index (χ1n) is 12.4. The van der Waals surface area contributed by atoms with E-state index in [0.29, 0.717) is 0 Å². The maximum absolute atomic E-state index is 13.3. The summed E-state index contributed by atoms with van der Waals surface area (Å²) in [6, 6.07) is 12.4. The van der Waals surface area contributed by atoms with Gasteiger partial charge < -0.3 is 15.0 Å². The number of hydrogen-bond donors (Lipinski definition) is 1. The van der Waals surface area contributed by atoms with Gasteiger partial charge in [-0.25, -0.2) is 0 Å². The minimum atomic E-state index is -0.225. The van der Waals surface area contributed by atoms with Gasteiger partial charge in [0, 0.05) is 56.6 Å². The average Bonchev–Trinajstić information content (AvgIpc) is 2.85. The number of nitrogens with one attached hydrogen (secondary N) is 1. The van der Waals surface area contributed by atoms with Gasteiger partial charge in [0.1, 0.15) is 5.75 Å². The molecule has 1 aliphatic heterocycles. The molecular formula is C27H38N4O2. The SMILES string of the molecule is COc1ccccc1N1CCN(CC(Cc2ccncc2)NC(=O)C2(C)CCCCC2)CC1. The van der Waals surface area contributed by atoms with Crippen molar-refractivity contribution in [1.29, 1.82) is 0 Å². The Hall–Kier alpha value is -2.60. The van der Waals surface area contributed by atoms with Crippen molar-refractivity contribution in [3.8, 4) is 5.75 Å². The van der Waals surface area contributed by atoms with Crippen LogP contribution in [-0.2, 0) is 11.2 Å². The van der Waals surface area contributed by atoms with Crippen LogP contribution in [0.15, 0.2) is 48.8 Å². The van der Waals surface area contributed by atoms with E-state index in [-0.39, 0.29) is 17.4 Å². The summed E-state index contributed by atoms with van der Waals surface area (Å²) in [5.74, 6) is 1.16. The van der Waals surface area contributed by atoms with E-state index < -0.39 is 0 Å². The molecule has 0 bridgehead atoms. The largest absolute Gasteiger partial charge is 0.495 e. The van der Waals surface area contributed by atoms with Crippen LogP contribution in [-0.4, -0.2) is 61.7 Å². The predicted octanol–water partition coefficient (Wildman–Crippen LogP) is 3.91. The molecule has 2 fully saturated rings. The van der Waals surface area contributed by atoms with Crippen molar-refractivity contribution in [3.63, 3.8) is 0 Å². The lowest BCUT2D eigenvalue weighted by Crippen LogP contribution is -2.54. The van der Waals surface area contributed by atoms with Gasteiger partial charge in [-0.05, 0) is 49.1 Å². The van der Waals surface area contributed by atoms with Crippen LogP contribution in [0, 0.1) is 5.41 Å². The lowest BCUT2D eigenvalue weighted by molar-refractivity contribution is -0.132. The third kappa shape index (κ3) is 6.05. The van der Waals surface area contributed by atoms with Gasteiger partial charge in [-0.1, -0.05) is 38.3 Å². The maximum Gasteiger partial charge on any atom is 0.226 e. The van der Waals surface area contributed by atoms with E-state index in [2.05, 4.69) is 51.3 Å². The zero-order valence-electron chi connectivity index (χ0n) is 20.1. The van der Waals surface area contributed by atoms with Gasteiger partial charge in [-0.15, -0.1) is 0 Å². The number of pyridine rings is 1. The summed E-state index contributed by atoms with van der Waals surface area (Å²) in [5, 5.41) is 3.45. The second kappa shape index (κ2) is 11.0. The summed E-state index contributed by atoms with van der Waals surface area (Å²) in [5.41, 5.74) is 2.15. The number of carbonyl (C=O) groups is 1. The van der Waals surface area contributed by atoms with Crippen LogP contribution < -0.4 is 15.0 Å².